The van der Waals surface area contributed by atoms with Crippen molar-refractivity contribution < 1.29 is 0 Å². The highest BCUT2D eigenvalue weighted by Gasteiger charge is 2.16. The van der Waals surface area contributed by atoms with Gasteiger partial charge in [0.1, 0.15) is 0 Å². The molecule has 24 heavy (non-hydrogen) atoms. The van der Waals surface area contributed by atoms with Crippen molar-refractivity contribution in [2.45, 2.75) is 0 Å². The third kappa shape index (κ3) is 5.14. The molecule has 0 amide bonds. The topological polar surface area (TPSA) is 23.8 Å². The van der Waals surface area contributed by atoms with Gasteiger partial charge in [0.25, 0.3) is 0 Å². The van der Waals surface area contributed by atoms with Crippen LogP contribution in [0, 0.1) is 16.7 Å². The Morgan fingerprint density at radius 3 is 1.71 bits per heavy atom. The molecule has 0 unspecified atom stereocenters. The standard InChI is InChI=1S/C23H19N/c1-2-16-23(17-9-20-24,18-14-21-10-5-3-6-11-21)19-15-22-12-7-4-8-13-22/h3-19H,1H2. The molecule has 2 rings (SSSR count). The van der Waals surface area contributed by atoms with E-state index in [9.17, 15) is 0 Å². The van der Waals surface area contributed by atoms with Gasteiger partial charge in [0.2, 0.25) is 0 Å². The SMILES string of the molecule is C=C=CC(C=CC#N)(C=Cc1ccccc1)C=Cc1ccccc1. The monoisotopic (exact) mass is 309 g/mol. The Hall–Kier alpha value is -3.33. The molecule has 0 aromatic heterocycles. The lowest BCUT2D eigenvalue weighted by Gasteiger charge is -2.17. The largest absolute Gasteiger partial charge is 0.193 e. The molecule has 2 aromatic rings. The van der Waals surface area contributed by atoms with E-state index >= 15 is 0 Å². The van der Waals surface area contributed by atoms with Crippen LogP contribution in [-0.4, -0.2) is 0 Å². The van der Waals surface area contributed by atoms with Gasteiger partial charge in [-0.1, -0.05) is 97.6 Å². The molecule has 0 heterocycles. The first-order valence-electron chi connectivity index (χ1n) is 7.71. The van der Waals surface area contributed by atoms with Crippen molar-refractivity contribution in [2.24, 2.45) is 5.41 Å². The Morgan fingerprint density at radius 1 is 0.792 bits per heavy atom. The van der Waals surface area contributed by atoms with Gasteiger partial charge in [-0.2, -0.15) is 5.26 Å². The Labute approximate surface area is 143 Å². The lowest BCUT2D eigenvalue weighted by atomic mass is 9.85. The van der Waals surface area contributed by atoms with E-state index in [0.29, 0.717) is 0 Å². The molecule has 1 heteroatoms. The highest BCUT2D eigenvalue weighted by atomic mass is 14.2. The number of nitriles is 1. The summed E-state index contributed by atoms with van der Waals surface area (Å²) in [5.41, 5.74) is 4.49. The predicted molar refractivity (Wildman–Crippen MR) is 102 cm³/mol. The van der Waals surface area contributed by atoms with Crippen LogP contribution in [-0.2, 0) is 0 Å². The van der Waals surface area contributed by atoms with Crippen molar-refractivity contribution in [1.82, 2.24) is 0 Å². The van der Waals surface area contributed by atoms with Crippen LogP contribution < -0.4 is 0 Å². The van der Waals surface area contributed by atoms with E-state index in [1.165, 1.54) is 6.08 Å². The molecule has 0 saturated carbocycles. The average molecular weight is 309 g/mol. The molecular formula is C23H19N. The van der Waals surface area contributed by atoms with Crippen LogP contribution in [0.5, 0.6) is 0 Å². The van der Waals surface area contributed by atoms with Gasteiger partial charge in [-0.15, -0.1) is 5.73 Å². The maximum absolute atomic E-state index is 8.93. The van der Waals surface area contributed by atoms with Gasteiger partial charge >= 0.3 is 0 Å². The predicted octanol–water partition coefficient (Wildman–Crippen LogP) is 5.82. The summed E-state index contributed by atoms with van der Waals surface area (Å²) in [6.45, 7) is 3.70. The molecule has 0 N–H and O–H groups in total. The Bertz CT molecular complexity index is 762. The van der Waals surface area contributed by atoms with Gasteiger partial charge in [-0.3, -0.25) is 0 Å². The smallest absolute Gasteiger partial charge is 0.0909 e. The molecule has 1 nitrogen and oxygen atoms in total. The van der Waals surface area contributed by atoms with E-state index in [2.05, 4.69) is 18.4 Å². The molecule has 0 saturated heterocycles. The van der Waals surface area contributed by atoms with Crippen molar-refractivity contribution >= 4 is 12.2 Å². The van der Waals surface area contributed by atoms with E-state index in [4.69, 9.17) is 5.26 Å². The summed E-state index contributed by atoms with van der Waals surface area (Å²) in [5.74, 6) is 0. The van der Waals surface area contributed by atoms with Crippen LogP contribution in [0.3, 0.4) is 0 Å². The lowest BCUT2D eigenvalue weighted by molar-refractivity contribution is 0.831. The third-order valence-corrected chi connectivity index (χ3v) is 3.53. The van der Waals surface area contributed by atoms with Crippen LogP contribution in [0.25, 0.3) is 12.2 Å². The van der Waals surface area contributed by atoms with Gasteiger partial charge in [-0.05, 0) is 17.2 Å². The zero-order valence-corrected chi connectivity index (χ0v) is 13.5. The molecule has 116 valence electrons. The summed E-state index contributed by atoms with van der Waals surface area (Å²) >= 11 is 0. The second-order valence-corrected chi connectivity index (χ2v) is 5.30. The van der Waals surface area contributed by atoms with Crippen molar-refractivity contribution in [3.63, 3.8) is 0 Å². The van der Waals surface area contributed by atoms with Gasteiger partial charge in [-0.25, -0.2) is 0 Å². The molecule has 0 radical (unpaired) electrons. The fourth-order valence-electron chi connectivity index (χ4n) is 2.28. The van der Waals surface area contributed by atoms with E-state index < -0.39 is 5.41 Å². The zero-order valence-electron chi connectivity index (χ0n) is 13.5. The maximum atomic E-state index is 8.93. The first kappa shape index (κ1) is 17.0. The summed E-state index contributed by atoms with van der Waals surface area (Å²) in [4.78, 5) is 0. The highest BCUT2D eigenvalue weighted by molar-refractivity contribution is 5.57. The third-order valence-electron chi connectivity index (χ3n) is 3.53. The van der Waals surface area contributed by atoms with Gasteiger partial charge in [0, 0.05) is 6.08 Å². The zero-order chi connectivity index (χ0) is 17.1. The molecule has 2 aromatic carbocycles. The minimum Gasteiger partial charge on any atom is -0.193 e. The van der Waals surface area contributed by atoms with Crippen molar-refractivity contribution in [3.05, 3.63) is 114 Å². The van der Waals surface area contributed by atoms with E-state index in [1.807, 2.05) is 97.1 Å². The molecule has 0 aliphatic heterocycles. The minimum atomic E-state index is -0.552. The van der Waals surface area contributed by atoms with Gasteiger partial charge < -0.3 is 0 Å². The number of rotatable bonds is 6. The van der Waals surface area contributed by atoms with E-state index in [1.54, 1.807) is 0 Å². The Morgan fingerprint density at radius 2 is 1.29 bits per heavy atom. The van der Waals surface area contributed by atoms with E-state index in [0.717, 1.165) is 11.1 Å². The Kier molecular flexibility index (Phi) is 6.35. The van der Waals surface area contributed by atoms with Gasteiger partial charge in [0.05, 0.1) is 11.5 Å². The number of hydrogen-bond donors (Lipinski definition) is 0. The summed E-state index contributed by atoms with van der Waals surface area (Å²) in [6.07, 6.45) is 13.3. The van der Waals surface area contributed by atoms with Gasteiger partial charge in [0.15, 0.2) is 0 Å². The molecule has 0 aliphatic rings. The molecule has 0 aliphatic carbocycles. The fraction of sp³-hybridized carbons (Fsp3) is 0.0435. The second kappa shape index (κ2) is 8.96. The van der Waals surface area contributed by atoms with Crippen molar-refractivity contribution in [1.29, 1.82) is 5.26 Å². The molecule has 0 bridgehead atoms. The van der Waals surface area contributed by atoms with Crippen LogP contribution >= 0.6 is 0 Å². The van der Waals surface area contributed by atoms with E-state index in [-0.39, 0.29) is 0 Å². The number of hydrogen-bond acceptors (Lipinski definition) is 1. The summed E-state index contributed by atoms with van der Waals surface area (Å²) in [7, 11) is 0. The maximum Gasteiger partial charge on any atom is 0.0909 e. The lowest BCUT2D eigenvalue weighted by Crippen LogP contribution is -2.07. The average Bonchev–Trinajstić information content (AvgIpc) is 2.65. The van der Waals surface area contributed by atoms with Crippen molar-refractivity contribution in [3.8, 4) is 6.07 Å². The van der Waals surface area contributed by atoms with Crippen LogP contribution in [0.2, 0.25) is 0 Å². The molecular weight excluding hydrogens is 290 g/mol. The highest BCUT2D eigenvalue weighted by Crippen LogP contribution is 2.28. The fourth-order valence-corrected chi connectivity index (χ4v) is 2.28. The van der Waals surface area contributed by atoms with Crippen LogP contribution in [0.1, 0.15) is 11.1 Å². The Balaban J connectivity index is 2.41. The first-order chi connectivity index (χ1) is 11.8. The summed E-state index contributed by atoms with van der Waals surface area (Å²) in [5, 5.41) is 8.93. The number of nitrogens with zero attached hydrogens (tertiary/aromatic N) is 1. The number of benzene rings is 2. The normalized spacial score (nSPS) is 13.6. The second-order valence-electron chi connectivity index (χ2n) is 5.30. The number of allylic oxidation sites excluding steroid dienone is 5. The first-order valence-corrected chi connectivity index (χ1v) is 7.71. The van der Waals surface area contributed by atoms with Crippen LogP contribution in [0.15, 0.2) is 103 Å². The summed E-state index contributed by atoms with van der Waals surface area (Å²) < 4.78 is 0. The summed E-state index contributed by atoms with van der Waals surface area (Å²) in [6, 6.07) is 22.2. The molecule has 0 atom stereocenters. The van der Waals surface area contributed by atoms with Crippen molar-refractivity contribution in [2.75, 3.05) is 0 Å². The van der Waals surface area contributed by atoms with Crippen LogP contribution in [0.4, 0.5) is 0 Å². The molecule has 0 spiro atoms. The molecule has 0 fully saturated rings. The quantitative estimate of drug-likeness (QED) is 0.487. The minimum absolute atomic E-state index is 0.552.